The van der Waals surface area contributed by atoms with E-state index >= 15 is 0 Å². The maximum atomic E-state index is 11.5. The number of hydrogen-bond acceptors (Lipinski definition) is 4. The second-order valence-corrected chi connectivity index (χ2v) is 6.96. The highest BCUT2D eigenvalue weighted by Crippen LogP contribution is 2.33. The standard InChI is InChI=1S/C18H27N3O/c1-13(22)15-3-5-17(6-4-15)21-11-8-16(9-12-21)18-7-10-19-14(2)20-18/h7,10,15-17H,3-6,8-9,11-12H2,1-2H3. The molecule has 1 saturated heterocycles. The number of aromatic nitrogens is 2. The Labute approximate surface area is 133 Å². The van der Waals surface area contributed by atoms with Crippen molar-refractivity contribution in [1.82, 2.24) is 14.9 Å². The van der Waals surface area contributed by atoms with E-state index in [-0.39, 0.29) is 0 Å². The molecule has 1 aliphatic heterocycles. The van der Waals surface area contributed by atoms with E-state index in [9.17, 15) is 4.79 Å². The molecule has 0 amide bonds. The first-order valence-corrected chi connectivity index (χ1v) is 8.67. The van der Waals surface area contributed by atoms with Gasteiger partial charge in [-0.15, -0.1) is 0 Å². The lowest BCUT2D eigenvalue weighted by Crippen LogP contribution is -2.43. The predicted molar refractivity (Wildman–Crippen MR) is 86.7 cm³/mol. The van der Waals surface area contributed by atoms with Gasteiger partial charge < -0.3 is 4.90 Å². The SMILES string of the molecule is CC(=O)C1CCC(N2CCC(c3ccnc(C)n3)CC2)CC1. The third kappa shape index (κ3) is 3.54. The van der Waals surface area contributed by atoms with Gasteiger partial charge in [0, 0.05) is 29.8 Å². The van der Waals surface area contributed by atoms with E-state index in [1.165, 1.54) is 44.5 Å². The van der Waals surface area contributed by atoms with Crippen LogP contribution in [0.5, 0.6) is 0 Å². The predicted octanol–water partition coefficient (Wildman–Crippen LogP) is 3.11. The van der Waals surface area contributed by atoms with Gasteiger partial charge in [-0.3, -0.25) is 4.79 Å². The second-order valence-electron chi connectivity index (χ2n) is 6.96. The molecule has 4 heteroatoms. The van der Waals surface area contributed by atoms with Gasteiger partial charge in [-0.1, -0.05) is 0 Å². The fourth-order valence-electron chi connectivity index (χ4n) is 4.11. The highest BCUT2D eigenvalue weighted by Gasteiger charge is 2.30. The molecule has 0 aromatic carbocycles. The lowest BCUT2D eigenvalue weighted by molar-refractivity contribution is -0.122. The van der Waals surface area contributed by atoms with Crippen molar-refractivity contribution >= 4 is 5.78 Å². The van der Waals surface area contributed by atoms with E-state index in [4.69, 9.17) is 0 Å². The topological polar surface area (TPSA) is 46.1 Å². The summed E-state index contributed by atoms with van der Waals surface area (Å²) < 4.78 is 0. The minimum Gasteiger partial charge on any atom is -0.300 e. The van der Waals surface area contributed by atoms with Gasteiger partial charge in [-0.05, 0) is 71.5 Å². The number of ketones is 1. The number of Topliss-reactive ketones (excluding diaryl/α,β-unsaturated/α-hetero) is 1. The van der Waals surface area contributed by atoms with Crippen LogP contribution >= 0.6 is 0 Å². The molecule has 1 aromatic heterocycles. The largest absolute Gasteiger partial charge is 0.300 e. The number of carbonyl (C=O) groups is 1. The molecule has 22 heavy (non-hydrogen) atoms. The van der Waals surface area contributed by atoms with E-state index in [0.29, 0.717) is 23.7 Å². The van der Waals surface area contributed by atoms with Gasteiger partial charge in [0.1, 0.15) is 11.6 Å². The number of aryl methyl sites for hydroxylation is 1. The van der Waals surface area contributed by atoms with Crippen LogP contribution in [-0.2, 0) is 4.79 Å². The van der Waals surface area contributed by atoms with Crippen LogP contribution in [0.1, 0.15) is 62.9 Å². The van der Waals surface area contributed by atoms with Crippen LogP contribution in [0.25, 0.3) is 0 Å². The molecule has 0 N–H and O–H groups in total. The molecule has 1 aromatic rings. The first kappa shape index (κ1) is 15.6. The molecule has 2 heterocycles. The van der Waals surface area contributed by atoms with E-state index in [0.717, 1.165) is 18.7 Å². The quantitative estimate of drug-likeness (QED) is 0.860. The Hall–Kier alpha value is -1.29. The Morgan fingerprint density at radius 2 is 1.82 bits per heavy atom. The van der Waals surface area contributed by atoms with Crippen molar-refractivity contribution in [3.63, 3.8) is 0 Å². The number of hydrogen-bond donors (Lipinski definition) is 0. The summed E-state index contributed by atoms with van der Waals surface area (Å²) in [5, 5.41) is 0. The first-order chi connectivity index (χ1) is 10.6. The number of piperidine rings is 1. The Balaban J connectivity index is 1.51. The molecule has 2 fully saturated rings. The monoisotopic (exact) mass is 301 g/mol. The summed E-state index contributed by atoms with van der Waals surface area (Å²) in [6.45, 7) is 6.05. The van der Waals surface area contributed by atoms with Gasteiger partial charge in [-0.25, -0.2) is 9.97 Å². The van der Waals surface area contributed by atoms with Crippen LogP contribution in [0.4, 0.5) is 0 Å². The molecular formula is C18H27N3O. The first-order valence-electron chi connectivity index (χ1n) is 8.67. The summed E-state index contributed by atoms with van der Waals surface area (Å²) >= 11 is 0. The van der Waals surface area contributed by atoms with Crippen molar-refractivity contribution in [3.05, 3.63) is 23.8 Å². The molecule has 2 aliphatic rings. The van der Waals surface area contributed by atoms with Crippen molar-refractivity contribution in [3.8, 4) is 0 Å². The number of likely N-dealkylation sites (tertiary alicyclic amines) is 1. The van der Waals surface area contributed by atoms with Gasteiger partial charge in [-0.2, -0.15) is 0 Å². The lowest BCUT2D eigenvalue weighted by Gasteiger charge is -2.40. The summed E-state index contributed by atoms with van der Waals surface area (Å²) in [5.41, 5.74) is 1.22. The van der Waals surface area contributed by atoms with Crippen LogP contribution in [-0.4, -0.2) is 39.8 Å². The normalized spacial score (nSPS) is 27.7. The average molecular weight is 301 g/mol. The summed E-state index contributed by atoms with van der Waals surface area (Å²) in [5.74, 6) is 2.18. The Morgan fingerprint density at radius 3 is 2.41 bits per heavy atom. The molecule has 3 rings (SSSR count). The van der Waals surface area contributed by atoms with Crippen LogP contribution in [0.3, 0.4) is 0 Å². The molecule has 4 nitrogen and oxygen atoms in total. The van der Waals surface area contributed by atoms with E-state index in [2.05, 4.69) is 20.9 Å². The lowest BCUT2D eigenvalue weighted by atomic mass is 9.82. The highest BCUT2D eigenvalue weighted by molar-refractivity contribution is 5.78. The van der Waals surface area contributed by atoms with Crippen molar-refractivity contribution in [2.24, 2.45) is 5.92 Å². The van der Waals surface area contributed by atoms with Crippen molar-refractivity contribution in [1.29, 1.82) is 0 Å². The van der Waals surface area contributed by atoms with Crippen LogP contribution in [0.15, 0.2) is 12.3 Å². The van der Waals surface area contributed by atoms with Gasteiger partial charge in [0.25, 0.3) is 0 Å². The molecule has 0 bridgehead atoms. The zero-order chi connectivity index (χ0) is 15.5. The maximum absolute atomic E-state index is 11.5. The second kappa shape index (κ2) is 6.86. The molecule has 0 radical (unpaired) electrons. The van der Waals surface area contributed by atoms with Crippen LogP contribution in [0, 0.1) is 12.8 Å². The smallest absolute Gasteiger partial charge is 0.132 e. The van der Waals surface area contributed by atoms with E-state index < -0.39 is 0 Å². The fraction of sp³-hybridized carbons (Fsp3) is 0.722. The molecule has 120 valence electrons. The number of carbonyl (C=O) groups excluding carboxylic acids is 1. The maximum Gasteiger partial charge on any atom is 0.132 e. The fourth-order valence-corrected chi connectivity index (χ4v) is 4.11. The van der Waals surface area contributed by atoms with E-state index in [1.807, 2.05) is 13.1 Å². The van der Waals surface area contributed by atoms with Gasteiger partial charge in [0.2, 0.25) is 0 Å². The van der Waals surface area contributed by atoms with Crippen molar-refractivity contribution in [2.75, 3.05) is 13.1 Å². The highest BCUT2D eigenvalue weighted by atomic mass is 16.1. The van der Waals surface area contributed by atoms with Crippen molar-refractivity contribution in [2.45, 2.75) is 64.3 Å². The summed E-state index contributed by atoms with van der Waals surface area (Å²) in [6.07, 6.45) is 8.85. The third-order valence-corrected chi connectivity index (χ3v) is 5.53. The van der Waals surface area contributed by atoms with Crippen LogP contribution in [0.2, 0.25) is 0 Å². The van der Waals surface area contributed by atoms with Crippen LogP contribution < -0.4 is 0 Å². The molecule has 1 saturated carbocycles. The van der Waals surface area contributed by atoms with Gasteiger partial charge >= 0.3 is 0 Å². The van der Waals surface area contributed by atoms with Gasteiger partial charge in [0.05, 0.1) is 0 Å². The Morgan fingerprint density at radius 1 is 1.14 bits per heavy atom. The molecule has 1 aliphatic carbocycles. The molecule has 0 unspecified atom stereocenters. The average Bonchev–Trinajstić information content (AvgIpc) is 2.55. The number of rotatable bonds is 3. The molecule has 0 spiro atoms. The zero-order valence-electron chi connectivity index (χ0n) is 13.8. The summed E-state index contributed by atoms with van der Waals surface area (Å²) in [7, 11) is 0. The van der Waals surface area contributed by atoms with Crippen molar-refractivity contribution < 1.29 is 4.79 Å². The Kier molecular flexibility index (Phi) is 4.87. The minimum absolute atomic E-state index is 0.331. The van der Waals surface area contributed by atoms with E-state index in [1.54, 1.807) is 6.92 Å². The summed E-state index contributed by atoms with van der Waals surface area (Å²) in [6, 6.07) is 2.77. The summed E-state index contributed by atoms with van der Waals surface area (Å²) in [4.78, 5) is 22.9. The molecular weight excluding hydrogens is 274 g/mol. The minimum atomic E-state index is 0.331. The van der Waals surface area contributed by atoms with Gasteiger partial charge in [0.15, 0.2) is 0 Å². The zero-order valence-corrected chi connectivity index (χ0v) is 13.8. The number of nitrogens with zero attached hydrogens (tertiary/aromatic N) is 3. The Bertz CT molecular complexity index is 515. The molecule has 0 atom stereocenters. The third-order valence-electron chi connectivity index (χ3n) is 5.53.